The smallest absolute Gasteiger partial charge is 0.119 e. The van der Waals surface area contributed by atoms with Crippen molar-refractivity contribution >= 4 is 15.9 Å². The van der Waals surface area contributed by atoms with Gasteiger partial charge in [-0.3, -0.25) is 0 Å². The SMILES string of the molecule is CC(C)(CCOc1ccc(Br)cc1)CNC(C)(C)C. The van der Waals surface area contributed by atoms with E-state index in [0.29, 0.717) is 0 Å². The molecule has 0 amide bonds. The maximum Gasteiger partial charge on any atom is 0.119 e. The van der Waals surface area contributed by atoms with E-state index < -0.39 is 0 Å². The summed E-state index contributed by atoms with van der Waals surface area (Å²) in [5.74, 6) is 0.933. The van der Waals surface area contributed by atoms with Gasteiger partial charge in [-0.15, -0.1) is 0 Å². The first-order valence-electron chi connectivity index (χ1n) is 6.81. The molecule has 0 bridgehead atoms. The van der Waals surface area contributed by atoms with E-state index in [4.69, 9.17) is 4.74 Å². The molecular weight excluding hydrogens is 302 g/mol. The van der Waals surface area contributed by atoms with Gasteiger partial charge < -0.3 is 10.1 Å². The van der Waals surface area contributed by atoms with E-state index in [1.807, 2.05) is 24.3 Å². The topological polar surface area (TPSA) is 21.3 Å². The monoisotopic (exact) mass is 327 g/mol. The first-order valence-corrected chi connectivity index (χ1v) is 7.61. The Balaban J connectivity index is 2.33. The van der Waals surface area contributed by atoms with Crippen molar-refractivity contribution in [2.24, 2.45) is 5.41 Å². The second-order valence-corrected chi connectivity index (χ2v) is 7.74. The van der Waals surface area contributed by atoms with E-state index in [2.05, 4.69) is 55.9 Å². The number of hydrogen-bond donors (Lipinski definition) is 1. The molecule has 1 N–H and O–H groups in total. The van der Waals surface area contributed by atoms with Crippen molar-refractivity contribution in [1.82, 2.24) is 5.32 Å². The first-order chi connectivity index (χ1) is 8.68. The van der Waals surface area contributed by atoms with Gasteiger partial charge in [-0.2, -0.15) is 0 Å². The fourth-order valence-corrected chi connectivity index (χ4v) is 1.83. The van der Waals surface area contributed by atoms with Crippen LogP contribution in [0.5, 0.6) is 5.75 Å². The summed E-state index contributed by atoms with van der Waals surface area (Å²) in [5, 5.41) is 3.56. The zero-order valence-corrected chi connectivity index (χ0v) is 14.3. The van der Waals surface area contributed by atoms with Crippen molar-refractivity contribution in [3.8, 4) is 5.75 Å². The molecule has 0 aliphatic heterocycles. The normalized spacial score (nSPS) is 12.5. The van der Waals surface area contributed by atoms with Gasteiger partial charge in [0, 0.05) is 16.6 Å². The average Bonchev–Trinajstić information content (AvgIpc) is 2.29. The Morgan fingerprint density at radius 1 is 1.05 bits per heavy atom. The van der Waals surface area contributed by atoms with Crippen LogP contribution in [0.15, 0.2) is 28.7 Å². The first kappa shape index (κ1) is 16.5. The van der Waals surface area contributed by atoms with Crippen molar-refractivity contribution in [2.45, 2.75) is 46.6 Å². The van der Waals surface area contributed by atoms with E-state index in [9.17, 15) is 0 Å². The molecule has 0 aliphatic rings. The average molecular weight is 328 g/mol. The molecule has 0 aromatic heterocycles. The zero-order chi connectivity index (χ0) is 14.5. The van der Waals surface area contributed by atoms with E-state index in [-0.39, 0.29) is 11.0 Å². The minimum atomic E-state index is 0.170. The molecule has 0 saturated carbocycles. The van der Waals surface area contributed by atoms with Gasteiger partial charge in [-0.1, -0.05) is 29.8 Å². The van der Waals surface area contributed by atoms with E-state index in [1.54, 1.807) is 0 Å². The van der Waals surface area contributed by atoms with Gasteiger partial charge in [0.25, 0.3) is 0 Å². The van der Waals surface area contributed by atoms with Crippen molar-refractivity contribution in [2.75, 3.05) is 13.2 Å². The summed E-state index contributed by atoms with van der Waals surface area (Å²) < 4.78 is 6.86. The van der Waals surface area contributed by atoms with E-state index in [0.717, 1.165) is 29.8 Å². The minimum absolute atomic E-state index is 0.170. The third-order valence-corrected chi connectivity index (χ3v) is 3.49. The van der Waals surface area contributed by atoms with Gasteiger partial charge in [0.1, 0.15) is 5.75 Å². The fourth-order valence-electron chi connectivity index (χ4n) is 1.57. The number of rotatable bonds is 6. The Hall–Kier alpha value is -0.540. The highest BCUT2D eigenvalue weighted by Crippen LogP contribution is 2.22. The molecule has 0 fully saturated rings. The van der Waals surface area contributed by atoms with Crippen molar-refractivity contribution in [3.05, 3.63) is 28.7 Å². The van der Waals surface area contributed by atoms with Gasteiger partial charge in [-0.05, 0) is 56.9 Å². The van der Waals surface area contributed by atoms with Gasteiger partial charge in [0.2, 0.25) is 0 Å². The molecule has 0 unspecified atom stereocenters. The van der Waals surface area contributed by atoms with Crippen molar-refractivity contribution in [3.63, 3.8) is 0 Å². The van der Waals surface area contributed by atoms with Crippen LogP contribution < -0.4 is 10.1 Å². The maximum atomic E-state index is 5.78. The molecule has 108 valence electrons. The lowest BCUT2D eigenvalue weighted by Crippen LogP contribution is -2.42. The third-order valence-electron chi connectivity index (χ3n) is 2.96. The van der Waals surface area contributed by atoms with Crippen LogP contribution in [0, 0.1) is 5.41 Å². The van der Waals surface area contributed by atoms with Crippen LogP contribution in [0.1, 0.15) is 41.0 Å². The second-order valence-electron chi connectivity index (χ2n) is 6.82. The summed E-state index contributed by atoms with van der Waals surface area (Å²) in [4.78, 5) is 0. The zero-order valence-electron chi connectivity index (χ0n) is 12.7. The molecule has 0 spiro atoms. The molecule has 0 atom stereocenters. The number of benzene rings is 1. The lowest BCUT2D eigenvalue weighted by molar-refractivity contribution is 0.209. The molecule has 1 aromatic carbocycles. The number of hydrogen-bond acceptors (Lipinski definition) is 2. The molecule has 0 aliphatic carbocycles. The summed E-state index contributed by atoms with van der Waals surface area (Å²) in [5.41, 5.74) is 0.409. The summed E-state index contributed by atoms with van der Waals surface area (Å²) in [6.45, 7) is 12.9. The van der Waals surface area contributed by atoms with Crippen LogP contribution in [0.2, 0.25) is 0 Å². The number of halogens is 1. The summed E-state index contributed by atoms with van der Waals surface area (Å²) >= 11 is 3.42. The lowest BCUT2D eigenvalue weighted by atomic mass is 9.88. The van der Waals surface area contributed by atoms with E-state index in [1.165, 1.54) is 0 Å². The predicted molar refractivity (Wildman–Crippen MR) is 85.8 cm³/mol. The molecule has 19 heavy (non-hydrogen) atoms. The molecule has 0 saturated heterocycles. The van der Waals surface area contributed by atoms with Crippen LogP contribution in [0.25, 0.3) is 0 Å². The van der Waals surface area contributed by atoms with Gasteiger partial charge in [0.05, 0.1) is 6.61 Å². The van der Waals surface area contributed by atoms with Crippen LogP contribution in [-0.4, -0.2) is 18.7 Å². The Bertz CT molecular complexity index is 379. The number of ether oxygens (including phenoxy) is 1. The van der Waals surface area contributed by atoms with Gasteiger partial charge in [0.15, 0.2) is 0 Å². The molecule has 0 heterocycles. The summed E-state index contributed by atoms with van der Waals surface area (Å²) in [6.07, 6.45) is 1.03. The molecule has 0 radical (unpaired) electrons. The van der Waals surface area contributed by atoms with Crippen LogP contribution in [-0.2, 0) is 0 Å². The summed E-state index contributed by atoms with van der Waals surface area (Å²) in [6, 6.07) is 7.98. The molecule has 3 heteroatoms. The lowest BCUT2D eigenvalue weighted by Gasteiger charge is -2.30. The second kappa shape index (κ2) is 6.76. The molecule has 1 aromatic rings. The largest absolute Gasteiger partial charge is 0.494 e. The van der Waals surface area contributed by atoms with Gasteiger partial charge in [-0.25, -0.2) is 0 Å². The molecular formula is C16H26BrNO. The van der Waals surface area contributed by atoms with Crippen LogP contribution >= 0.6 is 15.9 Å². The van der Waals surface area contributed by atoms with Crippen molar-refractivity contribution < 1.29 is 4.74 Å². The summed E-state index contributed by atoms with van der Waals surface area (Å²) in [7, 11) is 0. The Labute approximate surface area is 126 Å². The van der Waals surface area contributed by atoms with Crippen LogP contribution in [0.3, 0.4) is 0 Å². The van der Waals surface area contributed by atoms with E-state index >= 15 is 0 Å². The standard InChI is InChI=1S/C16H26BrNO/c1-15(2,3)18-12-16(4,5)10-11-19-14-8-6-13(17)7-9-14/h6-9,18H,10-12H2,1-5H3. The van der Waals surface area contributed by atoms with Crippen LogP contribution in [0.4, 0.5) is 0 Å². The molecule has 1 rings (SSSR count). The Kier molecular flexibility index (Phi) is 5.87. The van der Waals surface area contributed by atoms with Crippen molar-refractivity contribution in [1.29, 1.82) is 0 Å². The minimum Gasteiger partial charge on any atom is -0.494 e. The fraction of sp³-hybridized carbons (Fsp3) is 0.625. The quantitative estimate of drug-likeness (QED) is 0.822. The Morgan fingerprint density at radius 2 is 1.63 bits per heavy atom. The molecule has 2 nitrogen and oxygen atoms in total. The number of nitrogens with one attached hydrogen (secondary N) is 1. The predicted octanol–water partition coefficient (Wildman–Crippen LogP) is 4.63. The maximum absolute atomic E-state index is 5.78. The van der Waals surface area contributed by atoms with Gasteiger partial charge >= 0.3 is 0 Å². The highest BCUT2D eigenvalue weighted by Gasteiger charge is 2.20. The highest BCUT2D eigenvalue weighted by molar-refractivity contribution is 9.10. The highest BCUT2D eigenvalue weighted by atomic mass is 79.9. The Morgan fingerprint density at radius 3 is 2.16 bits per heavy atom. The third kappa shape index (κ3) is 7.58.